The zero-order chi connectivity index (χ0) is 16.0. The molecule has 0 bridgehead atoms. The van der Waals surface area contributed by atoms with Gasteiger partial charge in [0.1, 0.15) is 5.52 Å². The van der Waals surface area contributed by atoms with Crippen molar-refractivity contribution in [1.29, 1.82) is 0 Å². The molecule has 7 heteroatoms. The van der Waals surface area contributed by atoms with Crippen LogP contribution in [0, 0.1) is 0 Å². The van der Waals surface area contributed by atoms with E-state index in [1.54, 1.807) is 0 Å². The Labute approximate surface area is 128 Å². The van der Waals surface area contributed by atoms with Crippen LogP contribution < -0.4 is 0 Å². The summed E-state index contributed by atoms with van der Waals surface area (Å²) in [6, 6.07) is 17.7. The molecule has 0 unspecified atom stereocenters. The van der Waals surface area contributed by atoms with Crippen LogP contribution in [0.1, 0.15) is 0 Å². The molecule has 116 valence electrons. The molecule has 6 nitrogen and oxygen atoms in total. The second-order valence-corrected chi connectivity index (χ2v) is 5.58. The van der Waals surface area contributed by atoms with Gasteiger partial charge in [0, 0.05) is 5.56 Å². The second-order valence-electron chi connectivity index (χ2n) is 4.09. The molecule has 0 aliphatic carbocycles. The largest absolute Gasteiger partial charge is 0.436 e. The summed E-state index contributed by atoms with van der Waals surface area (Å²) < 4.78 is 33.2. The van der Waals surface area contributed by atoms with Crippen LogP contribution in [0.2, 0.25) is 0 Å². The molecule has 2 aromatic carbocycles. The molecule has 0 aliphatic rings. The van der Waals surface area contributed by atoms with Gasteiger partial charge in [0.25, 0.3) is 0 Å². The number of fused-ring (bicyclic) bond motifs is 1. The molecular weight excluding hydrogens is 306 g/mol. The first-order valence-electron chi connectivity index (χ1n) is 6.33. The summed E-state index contributed by atoms with van der Waals surface area (Å²) in [5, 5.41) is 0. The molecule has 0 amide bonds. The van der Waals surface area contributed by atoms with Crippen molar-refractivity contribution in [2.24, 2.45) is 0 Å². The SMILES string of the molecule is COS(=O)(=O)OC.c1ccc(-c2nc3ccccc3o2)cc1. The maximum Gasteiger partial charge on any atom is 0.399 e. The number of benzene rings is 2. The van der Waals surface area contributed by atoms with E-state index in [1.165, 1.54) is 0 Å². The Kier molecular flexibility index (Phi) is 5.26. The van der Waals surface area contributed by atoms with Crippen molar-refractivity contribution in [3.63, 3.8) is 0 Å². The van der Waals surface area contributed by atoms with Gasteiger partial charge in [-0.15, -0.1) is 0 Å². The molecule has 1 aromatic heterocycles. The van der Waals surface area contributed by atoms with Crippen molar-refractivity contribution < 1.29 is 21.2 Å². The molecular formula is C15H15NO5S. The number of rotatable bonds is 3. The van der Waals surface area contributed by atoms with Gasteiger partial charge in [0.2, 0.25) is 5.89 Å². The van der Waals surface area contributed by atoms with Gasteiger partial charge in [-0.1, -0.05) is 30.3 Å². The van der Waals surface area contributed by atoms with Crippen LogP contribution in [0.25, 0.3) is 22.6 Å². The van der Waals surface area contributed by atoms with Crippen molar-refractivity contribution in [3.05, 3.63) is 54.6 Å². The molecule has 0 spiro atoms. The normalized spacial score (nSPS) is 11.0. The molecule has 3 aromatic rings. The van der Waals surface area contributed by atoms with Crippen LogP contribution in [-0.2, 0) is 18.8 Å². The summed E-state index contributed by atoms with van der Waals surface area (Å²) >= 11 is 0. The Morgan fingerprint density at radius 3 is 2.05 bits per heavy atom. The molecule has 0 aliphatic heterocycles. The van der Waals surface area contributed by atoms with E-state index in [1.807, 2.05) is 54.6 Å². The predicted octanol–water partition coefficient (Wildman–Crippen LogP) is 3.02. The van der Waals surface area contributed by atoms with Gasteiger partial charge in [-0.25, -0.2) is 4.98 Å². The average Bonchev–Trinajstić information content (AvgIpc) is 3.00. The molecule has 0 saturated carbocycles. The Morgan fingerprint density at radius 1 is 0.909 bits per heavy atom. The first kappa shape index (κ1) is 16.2. The molecule has 0 radical (unpaired) electrons. The van der Waals surface area contributed by atoms with Crippen molar-refractivity contribution in [2.45, 2.75) is 0 Å². The lowest BCUT2D eigenvalue weighted by Gasteiger charge is -1.91. The molecule has 0 saturated heterocycles. The third kappa shape index (κ3) is 4.14. The number of hydrogen-bond acceptors (Lipinski definition) is 6. The van der Waals surface area contributed by atoms with Gasteiger partial charge in [-0.05, 0) is 24.3 Å². The summed E-state index contributed by atoms with van der Waals surface area (Å²) in [6.45, 7) is 0. The fourth-order valence-corrected chi connectivity index (χ4v) is 1.78. The van der Waals surface area contributed by atoms with Gasteiger partial charge in [0.15, 0.2) is 5.58 Å². The zero-order valence-corrected chi connectivity index (χ0v) is 12.9. The Hall–Kier alpha value is -2.22. The first-order valence-corrected chi connectivity index (χ1v) is 7.66. The van der Waals surface area contributed by atoms with Crippen LogP contribution in [0.4, 0.5) is 0 Å². The summed E-state index contributed by atoms with van der Waals surface area (Å²) in [5.74, 6) is 0.678. The lowest BCUT2D eigenvalue weighted by atomic mass is 10.2. The Bertz CT molecular complexity index is 784. The van der Waals surface area contributed by atoms with Crippen LogP contribution in [0.15, 0.2) is 59.0 Å². The second kappa shape index (κ2) is 7.17. The smallest absolute Gasteiger partial charge is 0.399 e. The molecule has 0 N–H and O–H groups in total. The zero-order valence-electron chi connectivity index (χ0n) is 12.1. The van der Waals surface area contributed by atoms with Crippen LogP contribution in [0.3, 0.4) is 0 Å². The molecule has 1 heterocycles. The van der Waals surface area contributed by atoms with Crippen molar-refractivity contribution in [1.82, 2.24) is 4.98 Å². The number of nitrogens with zero attached hydrogens (tertiary/aromatic N) is 1. The van der Waals surface area contributed by atoms with Crippen LogP contribution in [0.5, 0.6) is 0 Å². The monoisotopic (exact) mass is 321 g/mol. The lowest BCUT2D eigenvalue weighted by Crippen LogP contribution is -2.02. The topological polar surface area (TPSA) is 78.6 Å². The number of aromatic nitrogens is 1. The first-order chi connectivity index (χ1) is 10.6. The quantitative estimate of drug-likeness (QED) is 0.738. The highest BCUT2D eigenvalue weighted by Gasteiger charge is 2.05. The maximum atomic E-state index is 9.92. The highest BCUT2D eigenvalue weighted by Crippen LogP contribution is 2.23. The summed E-state index contributed by atoms with van der Waals surface area (Å²) in [7, 11) is -1.60. The van der Waals surface area contributed by atoms with Gasteiger partial charge >= 0.3 is 10.4 Å². The third-order valence-corrected chi connectivity index (χ3v) is 3.54. The molecule has 0 fully saturated rings. The average molecular weight is 321 g/mol. The number of hydrogen-bond donors (Lipinski definition) is 0. The summed E-state index contributed by atoms with van der Waals surface area (Å²) in [5.41, 5.74) is 2.74. The van der Waals surface area contributed by atoms with Gasteiger partial charge in [0.05, 0.1) is 14.2 Å². The van der Waals surface area contributed by atoms with Crippen molar-refractivity contribution >= 4 is 21.5 Å². The number of para-hydroxylation sites is 2. The summed E-state index contributed by atoms with van der Waals surface area (Å²) in [4.78, 5) is 4.42. The van der Waals surface area contributed by atoms with E-state index in [9.17, 15) is 8.42 Å². The Morgan fingerprint density at radius 2 is 1.50 bits per heavy atom. The van der Waals surface area contributed by atoms with Crippen molar-refractivity contribution in [3.8, 4) is 11.5 Å². The molecule has 3 rings (SSSR count). The number of oxazole rings is 1. The van der Waals surface area contributed by atoms with Crippen LogP contribution >= 0.6 is 0 Å². The van der Waals surface area contributed by atoms with E-state index in [2.05, 4.69) is 13.4 Å². The van der Waals surface area contributed by atoms with E-state index in [0.717, 1.165) is 30.9 Å². The van der Waals surface area contributed by atoms with Crippen LogP contribution in [-0.4, -0.2) is 27.6 Å². The maximum absolute atomic E-state index is 9.92. The standard InChI is InChI=1S/C13H9NO.C2H6O4S/c1-2-6-10(7-3-1)13-14-11-8-4-5-9-12(11)15-13;1-5-7(3,4)6-2/h1-9H;1-2H3. The van der Waals surface area contributed by atoms with E-state index in [-0.39, 0.29) is 0 Å². The summed E-state index contributed by atoms with van der Waals surface area (Å²) in [6.07, 6.45) is 0. The lowest BCUT2D eigenvalue weighted by molar-refractivity contribution is 0.286. The molecule has 0 atom stereocenters. The van der Waals surface area contributed by atoms with Crippen molar-refractivity contribution in [2.75, 3.05) is 14.2 Å². The highest BCUT2D eigenvalue weighted by atomic mass is 32.3. The third-order valence-electron chi connectivity index (χ3n) is 2.72. The minimum absolute atomic E-state index is 0.678. The fraction of sp³-hybridized carbons (Fsp3) is 0.133. The van der Waals surface area contributed by atoms with Gasteiger partial charge in [-0.2, -0.15) is 8.42 Å². The van der Waals surface area contributed by atoms with E-state index in [4.69, 9.17) is 4.42 Å². The minimum atomic E-state index is -3.66. The fourth-order valence-electron chi connectivity index (χ4n) is 1.64. The van der Waals surface area contributed by atoms with E-state index in [0.29, 0.717) is 5.89 Å². The molecule has 22 heavy (non-hydrogen) atoms. The van der Waals surface area contributed by atoms with E-state index >= 15 is 0 Å². The van der Waals surface area contributed by atoms with Gasteiger partial charge in [-0.3, -0.25) is 8.37 Å². The van der Waals surface area contributed by atoms with Gasteiger partial charge < -0.3 is 4.42 Å². The minimum Gasteiger partial charge on any atom is -0.436 e. The van der Waals surface area contributed by atoms with E-state index < -0.39 is 10.4 Å². The highest BCUT2D eigenvalue weighted by molar-refractivity contribution is 7.81. The predicted molar refractivity (Wildman–Crippen MR) is 82.4 cm³/mol. The Balaban J connectivity index is 0.000000217.